The number of hydrogen-bond donors (Lipinski definition) is 1. The summed E-state index contributed by atoms with van der Waals surface area (Å²) in [5.41, 5.74) is 0. The number of likely N-dealkylation sites (tertiary alicyclic amines) is 1. The van der Waals surface area contributed by atoms with Crippen LogP contribution in [0.2, 0.25) is 0 Å². The van der Waals surface area contributed by atoms with Crippen LogP contribution in [0.1, 0.15) is 19.8 Å². The van der Waals surface area contributed by atoms with Crippen LogP contribution in [0.5, 0.6) is 0 Å². The van der Waals surface area contributed by atoms with Crippen molar-refractivity contribution >= 4 is 17.5 Å². The molecule has 0 aliphatic carbocycles. The number of nitrogens with zero attached hydrogens (tertiary/aromatic N) is 1. The van der Waals surface area contributed by atoms with Gasteiger partial charge in [-0.2, -0.15) is 0 Å². The molecule has 4 heteroatoms. The van der Waals surface area contributed by atoms with E-state index in [0.29, 0.717) is 11.0 Å². The second-order valence-corrected chi connectivity index (χ2v) is 4.71. The van der Waals surface area contributed by atoms with Crippen LogP contribution in [0.3, 0.4) is 0 Å². The molecule has 0 spiro atoms. The van der Waals surface area contributed by atoms with Crippen molar-refractivity contribution in [3.05, 3.63) is 11.6 Å². The van der Waals surface area contributed by atoms with E-state index < -0.39 is 0 Å². The Bertz CT molecular complexity index is 235. The van der Waals surface area contributed by atoms with Crippen molar-refractivity contribution in [3.63, 3.8) is 0 Å². The van der Waals surface area contributed by atoms with Crippen LogP contribution in [0, 0.1) is 5.92 Å². The number of carbonyl (C=O) groups excluding carboxylic acids is 1. The molecule has 1 amide bonds. The van der Waals surface area contributed by atoms with Gasteiger partial charge in [0, 0.05) is 25.0 Å². The van der Waals surface area contributed by atoms with Crippen molar-refractivity contribution in [1.82, 2.24) is 10.2 Å². The van der Waals surface area contributed by atoms with Crippen LogP contribution in [0.25, 0.3) is 0 Å². The Hall–Kier alpha value is -0.540. The zero-order valence-electron chi connectivity index (χ0n) is 9.26. The lowest BCUT2D eigenvalue weighted by atomic mass is 9.97. The average Bonchev–Trinajstić information content (AvgIpc) is 2.16. The standard InChI is InChI=1S/C11H19ClN2O/c1-9(12)8-14-5-3-11(4-6-14)7-13-10(2)15/h11H,1,3-8H2,2H3,(H,13,15). The number of carbonyl (C=O) groups is 1. The lowest BCUT2D eigenvalue weighted by Crippen LogP contribution is -2.38. The average molecular weight is 231 g/mol. The number of halogens is 1. The number of amides is 1. The smallest absolute Gasteiger partial charge is 0.216 e. The van der Waals surface area contributed by atoms with E-state index in [9.17, 15) is 4.79 Å². The van der Waals surface area contributed by atoms with Crippen molar-refractivity contribution in [3.8, 4) is 0 Å². The molecule has 0 aromatic carbocycles. The molecule has 1 fully saturated rings. The minimum absolute atomic E-state index is 0.0616. The first-order valence-electron chi connectivity index (χ1n) is 5.38. The van der Waals surface area contributed by atoms with Gasteiger partial charge in [-0.1, -0.05) is 18.2 Å². The number of hydrogen-bond acceptors (Lipinski definition) is 2. The summed E-state index contributed by atoms with van der Waals surface area (Å²) in [5.74, 6) is 0.681. The highest BCUT2D eigenvalue weighted by atomic mass is 35.5. The molecule has 15 heavy (non-hydrogen) atoms. The van der Waals surface area contributed by atoms with Gasteiger partial charge in [-0.3, -0.25) is 9.69 Å². The Balaban J connectivity index is 2.18. The van der Waals surface area contributed by atoms with Gasteiger partial charge in [-0.25, -0.2) is 0 Å². The quantitative estimate of drug-likeness (QED) is 0.796. The lowest BCUT2D eigenvalue weighted by Gasteiger charge is -2.31. The fourth-order valence-electron chi connectivity index (χ4n) is 1.88. The Morgan fingerprint density at radius 1 is 1.53 bits per heavy atom. The second kappa shape index (κ2) is 6.13. The summed E-state index contributed by atoms with van der Waals surface area (Å²) in [7, 11) is 0. The zero-order chi connectivity index (χ0) is 11.3. The van der Waals surface area contributed by atoms with Crippen LogP contribution in [0.15, 0.2) is 11.6 Å². The summed E-state index contributed by atoms with van der Waals surface area (Å²) in [6.45, 7) is 8.96. The molecule has 1 heterocycles. The van der Waals surface area contributed by atoms with Gasteiger partial charge in [0.25, 0.3) is 0 Å². The Morgan fingerprint density at radius 3 is 2.60 bits per heavy atom. The van der Waals surface area contributed by atoms with Gasteiger partial charge in [0.2, 0.25) is 5.91 Å². The third kappa shape index (κ3) is 5.19. The Morgan fingerprint density at radius 2 is 2.13 bits per heavy atom. The molecule has 0 bridgehead atoms. The third-order valence-corrected chi connectivity index (χ3v) is 2.86. The Labute approximate surface area is 96.5 Å². The summed E-state index contributed by atoms with van der Waals surface area (Å²) in [6, 6.07) is 0. The predicted octanol–water partition coefficient (Wildman–Crippen LogP) is 1.59. The van der Waals surface area contributed by atoms with Crippen molar-refractivity contribution in [2.75, 3.05) is 26.2 Å². The highest BCUT2D eigenvalue weighted by molar-refractivity contribution is 6.29. The molecule has 0 unspecified atom stereocenters. The molecular formula is C11H19ClN2O. The van der Waals surface area contributed by atoms with Crippen LogP contribution < -0.4 is 5.32 Å². The maximum absolute atomic E-state index is 10.7. The van der Waals surface area contributed by atoms with Gasteiger partial charge in [0.15, 0.2) is 0 Å². The molecule has 1 aliphatic rings. The van der Waals surface area contributed by atoms with E-state index in [4.69, 9.17) is 11.6 Å². The fraction of sp³-hybridized carbons (Fsp3) is 0.727. The summed E-state index contributed by atoms with van der Waals surface area (Å²) in [6.07, 6.45) is 2.26. The van der Waals surface area contributed by atoms with E-state index in [0.717, 1.165) is 39.0 Å². The van der Waals surface area contributed by atoms with E-state index in [1.165, 1.54) is 0 Å². The van der Waals surface area contributed by atoms with E-state index in [-0.39, 0.29) is 5.91 Å². The maximum Gasteiger partial charge on any atom is 0.216 e. The lowest BCUT2D eigenvalue weighted by molar-refractivity contribution is -0.119. The Kier molecular flexibility index (Phi) is 5.12. The van der Waals surface area contributed by atoms with Gasteiger partial charge in [-0.05, 0) is 31.8 Å². The van der Waals surface area contributed by atoms with Crippen molar-refractivity contribution in [2.45, 2.75) is 19.8 Å². The van der Waals surface area contributed by atoms with E-state index in [1.807, 2.05) is 0 Å². The first-order chi connectivity index (χ1) is 7.08. The van der Waals surface area contributed by atoms with E-state index >= 15 is 0 Å². The molecule has 1 rings (SSSR count). The molecule has 3 nitrogen and oxygen atoms in total. The number of piperidine rings is 1. The zero-order valence-corrected chi connectivity index (χ0v) is 10.0. The first-order valence-corrected chi connectivity index (χ1v) is 5.76. The normalized spacial score (nSPS) is 18.8. The minimum atomic E-state index is 0.0616. The SMILES string of the molecule is C=C(Cl)CN1CCC(CNC(C)=O)CC1. The fourth-order valence-corrected chi connectivity index (χ4v) is 2.05. The van der Waals surface area contributed by atoms with Crippen LogP contribution in [0.4, 0.5) is 0 Å². The van der Waals surface area contributed by atoms with Crippen LogP contribution in [-0.4, -0.2) is 37.0 Å². The van der Waals surface area contributed by atoms with Gasteiger partial charge < -0.3 is 5.32 Å². The van der Waals surface area contributed by atoms with Crippen molar-refractivity contribution in [2.24, 2.45) is 5.92 Å². The summed E-state index contributed by atoms with van der Waals surface area (Å²) >= 11 is 5.76. The molecule has 0 atom stereocenters. The van der Waals surface area contributed by atoms with Gasteiger partial charge in [0.1, 0.15) is 0 Å². The van der Waals surface area contributed by atoms with E-state index in [1.54, 1.807) is 6.92 Å². The predicted molar refractivity (Wildman–Crippen MR) is 62.8 cm³/mol. The topological polar surface area (TPSA) is 32.3 Å². The maximum atomic E-state index is 10.7. The summed E-state index contributed by atoms with van der Waals surface area (Å²) < 4.78 is 0. The van der Waals surface area contributed by atoms with Gasteiger partial charge >= 0.3 is 0 Å². The first kappa shape index (κ1) is 12.5. The molecule has 0 radical (unpaired) electrons. The summed E-state index contributed by atoms with van der Waals surface area (Å²) in [5, 5.41) is 3.57. The van der Waals surface area contributed by atoms with Crippen molar-refractivity contribution < 1.29 is 4.79 Å². The van der Waals surface area contributed by atoms with Crippen molar-refractivity contribution in [1.29, 1.82) is 0 Å². The molecule has 1 aliphatic heterocycles. The third-order valence-electron chi connectivity index (χ3n) is 2.74. The number of nitrogens with one attached hydrogen (secondary N) is 1. The largest absolute Gasteiger partial charge is 0.356 e. The van der Waals surface area contributed by atoms with Crippen LogP contribution in [-0.2, 0) is 4.79 Å². The summed E-state index contributed by atoms with van der Waals surface area (Å²) in [4.78, 5) is 13.1. The second-order valence-electron chi connectivity index (χ2n) is 4.17. The molecule has 1 saturated heterocycles. The van der Waals surface area contributed by atoms with Crippen LogP contribution >= 0.6 is 11.6 Å². The van der Waals surface area contributed by atoms with Gasteiger partial charge in [-0.15, -0.1) is 0 Å². The molecule has 1 N–H and O–H groups in total. The molecule has 86 valence electrons. The van der Waals surface area contributed by atoms with E-state index in [2.05, 4.69) is 16.8 Å². The highest BCUT2D eigenvalue weighted by Gasteiger charge is 2.19. The monoisotopic (exact) mass is 230 g/mol. The molecular weight excluding hydrogens is 212 g/mol. The molecule has 0 saturated carbocycles. The molecule has 0 aromatic rings. The van der Waals surface area contributed by atoms with Gasteiger partial charge in [0.05, 0.1) is 0 Å². The molecule has 0 aromatic heterocycles. The number of rotatable bonds is 4. The highest BCUT2D eigenvalue weighted by Crippen LogP contribution is 2.17. The minimum Gasteiger partial charge on any atom is -0.356 e.